The zero-order valence-electron chi connectivity index (χ0n) is 18.2. The van der Waals surface area contributed by atoms with Crippen LogP contribution >= 0.6 is 11.6 Å². The van der Waals surface area contributed by atoms with E-state index in [2.05, 4.69) is 25.3 Å². The largest absolute Gasteiger partial charge is 0.489 e. The van der Waals surface area contributed by atoms with E-state index in [1.165, 1.54) is 6.07 Å². The summed E-state index contributed by atoms with van der Waals surface area (Å²) in [5.41, 5.74) is 3.73. The molecule has 4 aromatic rings. The van der Waals surface area contributed by atoms with Gasteiger partial charge in [-0.1, -0.05) is 44.5 Å². The summed E-state index contributed by atoms with van der Waals surface area (Å²) in [6.45, 7) is 6.98. The number of ether oxygens (including phenoxy) is 1. The van der Waals surface area contributed by atoms with Gasteiger partial charge in [-0.3, -0.25) is 9.36 Å². The number of imidazole rings is 1. The highest BCUT2D eigenvalue weighted by Crippen LogP contribution is 2.24. The molecule has 0 N–H and O–H groups in total. The molecule has 6 heteroatoms. The Morgan fingerprint density at radius 3 is 2.45 bits per heavy atom. The summed E-state index contributed by atoms with van der Waals surface area (Å²) in [5, 5.41) is 0.683. The average molecular weight is 436 g/mol. The van der Waals surface area contributed by atoms with Crippen LogP contribution in [0.3, 0.4) is 0 Å². The second-order valence-electron chi connectivity index (χ2n) is 8.98. The lowest BCUT2D eigenvalue weighted by molar-refractivity contribution is 0.305. The van der Waals surface area contributed by atoms with Crippen LogP contribution in [0.5, 0.6) is 5.75 Å². The van der Waals surface area contributed by atoms with Crippen LogP contribution in [0, 0.1) is 5.41 Å². The van der Waals surface area contributed by atoms with Crippen LogP contribution in [0.25, 0.3) is 16.7 Å². The summed E-state index contributed by atoms with van der Waals surface area (Å²) in [7, 11) is 2.02. The van der Waals surface area contributed by atoms with E-state index in [-0.39, 0.29) is 11.0 Å². The Kier molecular flexibility index (Phi) is 5.63. The summed E-state index contributed by atoms with van der Waals surface area (Å²) in [5.74, 6) is 1.57. The third-order valence-electron chi connectivity index (χ3n) is 5.13. The van der Waals surface area contributed by atoms with Gasteiger partial charge in [-0.25, -0.2) is 4.98 Å². The van der Waals surface area contributed by atoms with Crippen molar-refractivity contribution in [2.45, 2.75) is 33.8 Å². The van der Waals surface area contributed by atoms with Crippen LogP contribution in [-0.4, -0.2) is 14.1 Å². The molecule has 0 amide bonds. The van der Waals surface area contributed by atoms with Gasteiger partial charge >= 0.3 is 0 Å². The first-order valence-electron chi connectivity index (χ1n) is 10.3. The Labute approximate surface area is 186 Å². The minimum absolute atomic E-state index is 0.148. The van der Waals surface area contributed by atoms with E-state index in [9.17, 15) is 4.79 Å². The van der Waals surface area contributed by atoms with E-state index in [0.717, 1.165) is 34.5 Å². The van der Waals surface area contributed by atoms with Crippen molar-refractivity contribution < 1.29 is 4.74 Å². The smallest absolute Gasteiger partial charge is 0.258 e. The van der Waals surface area contributed by atoms with Crippen molar-refractivity contribution in [2.75, 3.05) is 0 Å². The van der Waals surface area contributed by atoms with E-state index in [1.54, 1.807) is 16.8 Å². The highest BCUT2D eigenvalue weighted by Gasteiger charge is 2.17. The van der Waals surface area contributed by atoms with E-state index >= 15 is 0 Å². The first kappa shape index (κ1) is 21.2. The zero-order valence-corrected chi connectivity index (χ0v) is 19.0. The monoisotopic (exact) mass is 435 g/mol. The van der Waals surface area contributed by atoms with E-state index in [4.69, 9.17) is 21.3 Å². The molecule has 5 nitrogen and oxygen atoms in total. The van der Waals surface area contributed by atoms with Gasteiger partial charge < -0.3 is 9.30 Å². The molecule has 0 aliphatic carbocycles. The first-order chi connectivity index (χ1) is 14.7. The molecule has 0 saturated heterocycles. The topological polar surface area (TPSA) is 49.0 Å². The minimum Gasteiger partial charge on any atom is -0.489 e. The number of hydrogen-bond donors (Lipinski definition) is 0. The Bertz CT molecular complexity index is 1280. The first-order valence-corrected chi connectivity index (χ1v) is 10.6. The molecule has 2 aromatic carbocycles. The SMILES string of the molecule is Cn1c(CC(C)(C)C)nc2ccc(-n3ccc(OCc4ccc(Cl)cc4)cc3=O)cc21. The number of halogens is 1. The molecule has 2 heterocycles. The van der Waals surface area contributed by atoms with Gasteiger partial charge in [0.15, 0.2) is 0 Å². The highest BCUT2D eigenvalue weighted by atomic mass is 35.5. The molecule has 4 rings (SSSR count). The Morgan fingerprint density at radius 2 is 1.77 bits per heavy atom. The Hall–Kier alpha value is -3.05. The van der Waals surface area contributed by atoms with Crippen LogP contribution in [0.1, 0.15) is 32.2 Å². The highest BCUT2D eigenvalue weighted by molar-refractivity contribution is 6.30. The lowest BCUT2D eigenvalue weighted by Gasteiger charge is -2.17. The second kappa shape index (κ2) is 8.23. The molecule has 2 aromatic heterocycles. The summed E-state index contributed by atoms with van der Waals surface area (Å²) < 4.78 is 9.50. The van der Waals surface area contributed by atoms with Gasteiger partial charge in [-0.05, 0) is 47.4 Å². The summed E-state index contributed by atoms with van der Waals surface area (Å²) in [4.78, 5) is 17.5. The van der Waals surface area contributed by atoms with Gasteiger partial charge in [-0.2, -0.15) is 0 Å². The van der Waals surface area contributed by atoms with Gasteiger partial charge in [0.05, 0.1) is 16.7 Å². The molecule has 0 saturated carbocycles. The standard InChI is InChI=1S/C25H26ClN3O2/c1-25(2,3)15-23-27-21-10-9-19(13-22(21)28(23)4)29-12-11-20(14-24(29)30)31-16-17-5-7-18(26)8-6-17/h5-14H,15-16H2,1-4H3. The van der Waals surface area contributed by atoms with Crippen molar-refractivity contribution in [3.05, 3.63) is 87.6 Å². The van der Waals surface area contributed by atoms with Crippen LogP contribution in [0.4, 0.5) is 0 Å². The molecule has 31 heavy (non-hydrogen) atoms. The number of pyridine rings is 1. The van der Waals surface area contributed by atoms with Gasteiger partial charge in [0.2, 0.25) is 0 Å². The number of aromatic nitrogens is 3. The van der Waals surface area contributed by atoms with Gasteiger partial charge in [-0.15, -0.1) is 0 Å². The molecule has 0 aliphatic heterocycles. The fraction of sp³-hybridized carbons (Fsp3) is 0.280. The normalized spacial score (nSPS) is 11.8. The molecule has 0 fully saturated rings. The maximum Gasteiger partial charge on any atom is 0.258 e. The summed E-state index contributed by atoms with van der Waals surface area (Å²) in [6.07, 6.45) is 2.63. The van der Waals surface area contributed by atoms with Crippen LogP contribution in [0.15, 0.2) is 65.6 Å². The van der Waals surface area contributed by atoms with Crippen molar-refractivity contribution >= 4 is 22.6 Å². The maximum atomic E-state index is 12.8. The van der Waals surface area contributed by atoms with E-state index in [1.807, 2.05) is 49.5 Å². The predicted molar refractivity (Wildman–Crippen MR) is 125 cm³/mol. The Morgan fingerprint density at radius 1 is 1.03 bits per heavy atom. The number of rotatable bonds is 5. The maximum absolute atomic E-state index is 12.8. The van der Waals surface area contributed by atoms with Crippen LogP contribution < -0.4 is 10.3 Å². The molecule has 0 bridgehead atoms. The van der Waals surface area contributed by atoms with Crippen LogP contribution in [-0.2, 0) is 20.1 Å². The molecule has 0 radical (unpaired) electrons. The molecular formula is C25H26ClN3O2. The van der Waals surface area contributed by atoms with Gasteiger partial charge in [0, 0.05) is 30.8 Å². The third kappa shape index (κ3) is 4.83. The van der Waals surface area contributed by atoms with Crippen molar-refractivity contribution in [2.24, 2.45) is 12.5 Å². The molecule has 0 unspecified atom stereocenters. The molecule has 0 spiro atoms. The number of benzene rings is 2. The molecular weight excluding hydrogens is 410 g/mol. The van der Waals surface area contributed by atoms with Crippen molar-refractivity contribution in [1.29, 1.82) is 0 Å². The van der Waals surface area contributed by atoms with E-state index < -0.39 is 0 Å². The molecule has 0 atom stereocenters. The minimum atomic E-state index is -0.148. The number of nitrogens with zero attached hydrogens (tertiary/aromatic N) is 3. The Balaban J connectivity index is 1.58. The molecule has 160 valence electrons. The van der Waals surface area contributed by atoms with Crippen molar-refractivity contribution in [3.8, 4) is 11.4 Å². The number of aryl methyl sites for hydroxylation is 1. The summed E-state index contributed by atoms with van der Waals surface area (Å²) in [6, 6.07) is 16.6. The zero-order chi connectivity index (χ0) is 22.2. The van der Waals surface area contributed by atoms with E-state index in [0.29, 0.717) is 17.4 Å². The van der Waals surface area contributed by atoms with Crippen molar-refractivity contribution in [3.63, 3.8) is 0 Å². The van der Waals surface area contributed by atoms with Gasteiger partial charge in [0.1, 0.15) is 18.2 Å². The second-order valence-corrected chi connectivity index (χ2v) is 9.42. The lowest BCUT2D eigenvalue weighted by atomic mass is 9.92. The fourth-order valence-electron chi connectivity index (χ4n) is 3.52. The quantitative estimate of drug-likeness (QED) is 0.413. The number of fused-ring (bicyclic) bond motifs is 1. The number of hydrogen-bond acceptors (Lipinski definition) is 3. The van der Waals surface area contributed by atoms with Crippen LogP contribution in [0.2, 0.25) is 5.02 Å². The van der Waals surface area contributed by atoms with Gasteiger partial charge in [0.25, 0.3) is 5.56 Å². The average Bonchev–Trinajstić information content (AvgIpc) is 3.01. The lowest BCUT2D eigenvalue weighted by Crippen LogP contribution is -2.16. The summed E-state index contributed by atoms with van der Waals surface area (Å²) >= 11 is 5.91. The predicted octanol–water partition coefficient (Wildman–Crippen LogP) is 5.55. The van der Waals surface area contributed by atoms with Crippen molar-refractivity contribution in [1.82, 2.24) is 14.1 Å². The fourth-order valence-corrected chi connectivity index (χ4v) is 3.65. The molecule has 0 aliphatic rings. The third-order valence-corrected chi connectivity index (χ3v) is 5.39.